The second-order valence-electron chi connectivity index (χ2n) is 4.78. The molecule has 0 unspecified atom stereocenters. The van der Waals surface area contributed by atoms with Gasteiger partial charge in [0.15, 0.2) is 10.9 Å². The largest absolute Gasteiger partial charge is 0.361 e. The van der Waals surface area contributed by atoms with Gasteiger partial charge in [0.2, 0.25) is 0 Å². The van der Waals surface area contributed by atoms with Gasteiger partial charge in [-0.3, -0.25) is 9.59 Å². The second kappa shape index (κ2) is 7.34. The summed E-state index contributed by atoms with van der Waals surface area (Å²) < 4.78 is 0. The fraction of sp³-hybridized carbons (Fsp3) is 0. The predicted molar refractivity (Wildman–Crippen MR) is 94.9 cm³/mol. The molecule has 0 aliphatic heterocycles. The first-order chi connectivity index (χ1) is 10.8. The summed E-state index contributed by atoms with van der Waals surface area (Å²) in [6, 6.07) is 18.0. The zero-order valence-electron chi connectivity index (χ0n) is 12.5. The molecule has 4 aromatic rings. The molecular weight excluding hydrogens is 285 g/mol. The summed E-state index contributed by atoms with van der Waals surface area (Å²) in [5, 5.41) is 1.49. The fourth-order valence-corrected chi connectivity index (χ4v) is 2.24. The van der Waals surface area contributed by atoms with E-state index in [0.29, 0.717) is 0 Å². The number of fused-ring (bicyclic) bond motifs is 2. The van der Waals surface area contributed by atoms with E-state index in [-0.39, 0.29) is 21.0 Å². The van der Waals surface area contributed by atoms with Gasteiger partial charge in [-0.25, -0.2) is 0 Å². The molecule has 2 aromatic heterocycles. The van der Waals surface area contributed by atoms with E-state index < -0.39 is 0 Å². The third-order valence-electron chi connectivity index (χ3n) is 3.33. The zero-order chi connectivity index (χ0) is 15.4. The van der Waals surface area contributed by atoms with E-state index in [2.05, 4.69) is 9.97 Å². The number of nitrogens with one attached hydrogen (secondary N) is 2. The Morgan fingerprint density at radius 2 is 0.957 bits per heavy atom. The van der Waals surface area contributed by atoms with E-state index in [9.17, 15) is 9.59 Å². The monoisotopic (exact) mass is 299 g/mol. The van der Waals surface area contributed by atoms with E-state index in [1.807, 2.05) is 48.5 Å². The van der Waals surface area contributed by atoms with Crippen molar-refractivity contribution in [2.45, 2.75) is 0 Å². The van der Waals surface area contributed by atoms with Gasteiger partial charge in [0.25, 0.3) is 0 Å². The Labute approximate surface area is 136 Å². The summed E-state index contributed by atoms with van der Waals surface area (Å²) in [6.07, 6.45) is 3.31. The van der Waals surface area contributed by atoms with Crippen LogP contribution in [-0.4, -0.2) is 20.1 Å². The van der Waals surface area contributed by atoms with Crippen LogP contribution in [0.3, 0.4) is 0 Å². The first kappa shape index (κ1) is 16.4. The van der Waals surface area contributed by atoms with Crippen LogP contribution in [0.25, 0.3) is 21.8 Å². The fourth-order valence-electron chi connectivity index (χ4n) is 2.24. The van der Waals surface area contributed by atoms with Crippen molar-refractivity contribution in [2.24, 2.45) is 0 Å². The molecule has 0 aliphatic rings. The minimum Gasteiger partial charge on any atom is -0.361 e. The van der Waals surface area contributed by atoms with Crippen molar-refractivity contribution in [3.8, 4) is 0 Å². The van der Waals surface area contributed by atoms with Crippen molar-refractivity contribution < 1.29 is 0 Å². The summed E-state index contributed by atoms with van der Waals surface area (Å²) in [4.78, 5) is 28.3. The third-order valence-corrected chi connectivity index (χ3v) is 3.33. The smallest absolute Gasteiger partial charge is 0.189 e. The summed E-state index contributed by atoms with van der Waals surface area (Å²) in [5.74, 6) is 0. The Balaban J connectivity index is 0.000000160. The van der Waals surface area contributed by atoms with Crippen LogP contribution in [0.2, 0.25) is 0 Å². The third kappa shape index (κ3) is 3.62. The van der Waals surface area contributed by atoms with Crippen LogP contribution in [0.1, 0.15) is 0 Å². The zero-order valence-corrected chi connectivity index (χ0v) is 12.5. The number of pyridine rings is 2. The molecular formula is C18H14BeN2O2. The molecule has 5 heteroatoms. The Kier molecular flexibility index (Phi) is 5.23. The van der Waals surface area contributed by atoms with Gasteiger partial charge in [-0.2, -0.15) is 0 Å². The number of H-pyrrole nitrogens is 2. The van der Waals surface area contributed by atoms with Gasteiger partial charge in [0.1, 0.15) is 0 Å². The molecule has 110 valence electrons. The van der Waals surface area contributed by atoms with E-state index in [1.54, 1.807) is 12.4 Å². The number of benzene rings is 2. The normalized spacial score (nSPS) is 9.74. The van der Waals surface area contributed by atoms with Gasteiger partial charge in [-0.05, 0) is 24.3 Å². The molecule has 0 saturated heterocycles. The molecule has 0 amide bonds. The average Bonchev–Trinajstić information content (AvgIpc) is 2.57. The molecule has 23 heavy (non-hydrogen) atoms. The van der Waals surface area contributed by atoms with Crippen molar-refractivity contribution >= 4 is 31.9 Å². The first-order valence-corrected chi connectivity index (χ1v) is 6.88. The first-order valence-electron chi connectivity index (χ1n) is 6.88. The molecule has 2 N–H and O–H groups in total. The molecule has 4 nitrogen and oxygen atoms in total. The number of rotatable bonds is 0. The van der Waals surface area contributed by atoms with E-state index >= 15 is 0 Å². The molecule has 2 aromatic carbocycles. The van der Waals surface area contributed by atoms with Crippen LogP contribution in [0.15, 0.2) is 82.6 Å². The topological polar surface area (TPSA) is 65.7 Å². The van der Waals surface area contributed by atoms with Crippen LogP contribution in [0.5, 0.6) is 0 Å². The Bertz CT molecular complexity index is 942. The number of hydrogen-bond donors (Lipinski definition) is 2. The second-order valence-corrected chi connectivity index (χ2v) is 4.78. The molecule has 0 bridgehead atoms. The maximum Gasteiger partial charge on any atom is 0.189 e. The number of aromatic amines is 2. The summed E-state index contributed by atoms with van der Waals surface area (Å²) in [6.45, 7) is 0. The standard InChI is InChI=1S/2C9H7NO.Be/c2*11-9-5-6-10-8-4-2-1-3-7(8)9;/h2*1-6H,(H,10,11);. The Hall–Kier alpha value is -2.97. The van der Waals surface area contributed by atoms with Crippen molar-refractivity contribution in [3.63, 3.8) is 0 Å². The Morgan fingerprint density at radius 1 is 0.565 bits per heavy atom. The molecule has 0 atom stereocenters. The van der Waals surface area contributed by atoms with Crippen molar-refractivity contribution in [1.82, 2.24) is 9.97 Å². The number of para-hydroxylation sites is 2. The molecule has 0 fully saturated rings. The molecule has 0 spiro atoms. The minimum absolute atomic E-state index is 0. The van der Waals surface area contributed by atoms with Gasteiger partial charge in [-0.15, -0.1) is 0 Å². The van der Waals surface area contributed by atoms with E-state index in [1.165, 1.54) is 12.1 Å². The van der Waals surface area contributed by atoms with Gasteiger partial charge in [0, 0.05) is 56.5 Å². The van der Waals surface area contributed by atoms with Crippen LogP contribution < -0.4 is 10.9 Å². The molecule has 4 rings (SSSR count). The van der Waals surface area contributed by atoms with Crippen molar-refractivity contribution in [1.29, 1.82) is 0 Å². The summed E-state index contributed by atoms with van der Waals surface area (Å²) >= 11 is 0. The maximum atomic E-state index is 11.2. The Morgan fingerprint density at radius 3 is 1.35 bits per heavy atom. The number of aromatic nitrogens is 2. The molecule has 2 heterocycles. The van der Waals surface area contributed by atoms with Gasteiger partial charge < -0.3 is 9.97 Å². The predicted octanol–water partition coefficient (Wildman–Crippen LogP) is 2.68. The SMILES string of the molecule is O=c1cc[nH]c2ccccc12.O=c1cc[nH]c2ccccc12.[Be]. The maximum absolute atomic E-state index is 11.2. The number of hydrogen-bond acceptors (Lipinski definition) is 2. The van der Waals surface area contributed by atoms with Gasteiger partial charge in [0.05, 0.1) is 0 Å². The average molecular weight is 299 g/mol. The van der Waals surface area contributed by atoms with E-state index in [4.69, 9.17) is 0 Å². The summed E-state index contributed by atoms with van der Waals surface area (Å²) in [7, 11) is 0. The molecule has 2 radical (unpaired) electrons. The van der Waals surface area contributed by atoms with Gasteiger partial charge >= 0.3 is 0 Å². The minimum atomic E-state index is 0. The van der Waals surface area contributed by atoms with Crippen LogP contribution in [0.4, 0.5) is 0 Å². The van der Waals surface area contributed by atoms with Crippen molar-refractivity contribution in [3.05, 3.63) is 93.5 Å². The van der Waals surface area contributed by atoms with Crippen molar-refractivity contribution in [2.75, 3.05) is 0 Å². The quantitative estimate of drug-likeness (QED) is 0.490. The van der Waals surface area contributed by atoms with Crippen LogP contribution in [-0.2, 0) is 0 Å². The van der Waals surface area contributed by atoms with E-state index in [0.717, 1.165) is 21.8 Å². The van der Waals surface area contributed by atoms with Crippen LogP contribution >= 0.6 is 0 Å². The molecule has 0 saturated carbocycles. The summed E-state index contributed by atoms with van der Waals surface area (Å²) in [5.41, 5.74) is 1.92. The molecule has 0 aliphatic carbocycles. The van der Waals surface area contributed by atoms with Crippen LogP contribution in [0, 0.1) is 0 Å². The van der Waals surface area contributed by atoms with Gasteiger partial charge in [-0.1, -0.05) is 24.3 Å².